The molecule has 0 aromatic heterocycles. The molecule has 0 aromatic rings. The van der Waals surface area contributed by atoms with E-state index in [1.54, 1.807) is 0 Å². The Morgan fingerprint density at radius 2 is 2.15 bits per heavy atom. The second-order valence-corrected chi connectivity index (χ2v) is 4.06. The summed E-state index contributed by atoms with van der Waals surface area (Å²) in [6.45, 7) is 15.3. The molecule has 0 saturated carbocycles. The minimum Gasteiger partial charge on any atom is -0.315 e. The van der Waals surface area contributed by atoms with E-state index in [1.165, 1.54) is 0 Å². The van der Waals surface area contributed by atoms with Crippen LogP contribution in [-0.2, 0) is 0 Å². The summed E-state index contributed by atoms with van der Waals surface area (Å²) in [5.74, 6) is 0. The van der Waals surface area contributed by atoms with E-state index in [4.69, 9.17) is 6.57 Å². The zero-order valence-electron chi connectivity index (χ0n) is 8.82. The molecule has 3 nitrogen and oxygen atoms in total. The molecule has 0 aromatic carbocycles. The summed E-state index contributed by atoms with van der Waals surface area (Å²) in [5.41, 5.74) is 0. The van der Waals surface area contributed by atoms with Crippen molar-refractivity contribution >= 4 is 0 Å². The lowest BCUT2D eigenvalue weighted by atomic mass is 10.1. The fourth-order valence-electron chi connectivity index (χ4n) is 1.74. The molecule has 1 aliphatic rings. The molecule has 1 heterocycles. The molecule has 0 radical (unpaired) electrons. The van der Waals surface area contributed by atoms with E-state index in [9.17, 15) is 0 Å². The highest BCUT2D eigenvalue weighted by molar-refractivity contribution is 4.86. The van der Waals surface area contributed by atoms with Gasteiger partial charge in [0.1, 0.15) is 0 Å². The summed E-state index contributed by atoms with van der Waals surface area (Å²) in [6.07, 6.45) is 0. The SMILES string of the molecule is [C-]#[N+]C[C@@H]1CN(C(C)C)CCN1C. The van der Waals surface area contributed by atoms with E-state index in [2.05, 4.69) is 35.5 Å². The smallest absolute Gasteiger partial charge is 0.231 e. The summed E-state index contributed by atoms with van der Waals surface area (Å²) in [5, 5.41) is 0. The maximum absolute atomic E-state index is 6.88. The fourth-order valence-corrected chi connectivity index (χ4v) is 1.74. The Balaban J connectivity index is 2.48. The Kier molecular flexibility index (Phi) is 3.71. The number of piperazine rings is 1. The number of hydrogen-bond acceptors (Lipinski definition) is 2. The van der Waals surface area contributed by atoms with Gasteiger partial charge in [0.15, 0.2) is 0 Å². The van der Waals surface area contributed by atoms with Crippen LogP contribution in [0.2, 0.25) is 0 Å². The zero-order chi connectivity index (χ0) is 9.84. The van der Waals surface area contributed by atoms with Gasteiger partial charge in [-0.15, -0.1) is 0 Å². The standard InChI is InChI=1S/C10H19N3/c1-9(2)13-6-5-12(4)10(8-13)7-11-3/h9-10H,5-8H2,1-2,4H3/t10-/m1/s1. The molecule has 0 bridgehead atoms. The first-order valence-electron chi connectivity index (χ1n) is 4.92. The maximum atomic E-state index is 6.88. The lowest BCUT2D eigenvalue weighted by molar-refractivity contribution is 0.0819. The Morgan fingerprint density at radius 1 is 1.46 bits per heavy atom. The predicted molar refractivity (Wildman–Crippen MR) is 54.6 cm³/mol. The van der Waals surface area contributed by atoms with E-state index in [0.29, 0.717) is 18.6 Å². The van der Waals surface area contributed by atoms with Gasteiger partial charge in [-0.2, -0.15) is 0 Å². The average molecular weight is 181 g/mol. The monoisotopic (exact) mass is 181 g/mol. The van der Waals surface area contributed by atoms with Gasteiger partial charge in [0.2, 0.25) is 6.54 Å². The Labute approximate surface area is 81.1 Å². The summed E-state index contributed by atoms with van der Waals surface area (Å²) >= 11 is 0. The normalized spacial score (nSPS) is 26.2. The number of rotatable bonds is 2. The van der Waals surface area contributed by atoms with Crippen molar-refractivity contribution in [2.24, 2.45) is 0 Å². The highest BCUT2D eigenvalue weighted by Crippen LogP contribution is 2.10. The van der Waals surface area contributed by atoms with Crippen molar-refractivity contribution in [1.29, 1.82) is 0 Å². The summed E-state index contributed by atoms with van der Waals surface area (Å²) in [4.78, 5) is 8.24. The van der Waals surface area contributed by atoms with Crippen LogP contribution in [0.4, 0.5) is 0 Å². The third kappa shape index (κ3) is 2.68. The van der Waals surface area contributed by atoms with E-state index < -0.39 is 0 Å². The molecule has 1 atom stereocenters. The van der Waals surface area contributed by atoms with Crippen molar-refractivity contribution in [2.45, 2.75) is 25.9 Å². The highest BCUT2D eigenvalue weighted by Gasteiger charge is 2.27. The van der Waals surface area contributed by atoms with Gasteiger partial charge in [-0.25, -0.2) is 6.57 Å². The van der Waals surface area contributed by atoms with Crippen LogP contribution in [0.3, 0.4) is 0 Å². The third-order valence-corrected chi connectivity index (χ3v) is 2.84. The average Bonchev–Trinajstić information content (AvgIpc) is 2.08. The molecule has 1 fully saturated rings. The largest absolute Gasteiger partial charge is 0.315 e. The number of likely N-dealkylation sites (N-methyl/N-ethyl adjacent to an activating group) is 1. The van der Waals surface area contributed by atoms with Gasteiger partial charge in [-0.3, -0.25) is 9.80 Å². The molecule has 3 heteroatoms. The van der Waals surface area contributed by atoms with Gasteiger partial charge < -0.3 is 4.85 Å². The van der Waals surface area contributed by atoms with E-state index >= 15 is 0 Å². The molecule has 0 aliphatic carbocycles. The van der Waals surface area contributed by atoms with Crippen LogP contribution in [0.15, 0.2) is 0 Å². The lowest BCUT2D eigenvalue weighted by Gasteiger charge is -2.39. The Bertz CT molecular complexity index is 195. The second-order valence-electron chi connectivity index (χ2n) is 4.06. The molecule has 0 unspecified atom stereocenters. The van der Waals surface area contributed by atoms with Crippen molar-refractivity contribution in [3.05, 3.63) is 11.4 Å². The van der Waals surface area contributed by atoms with Crippen LogP contribution in [0, 0.1) is 6.57 Å². The van der Waals surface area contributed by atoms with E-state index in [-0.39, 0.29) is 0 Å². The van der Waals surface area contributed by atoms with E-state index in [0.717, 1.165) is 19.6 Å². The van der Waals surface area contributed by atoms with Crippen molar-refractivity contribution in [3.63, 3.8) is 0 Å². The first-order chi connectivity index (χ1) is 6.15. The van der Waals surface area contributed by atoms with Crippen molar-refractivity contribution in [3.8, 4) is 0 Å². The second kappa shape index (κ2) is 4.59. The first-order valence-corrected chi connectivity index (χ1v) is 4.92. The van der Waals surface area contributed by atoms with E-state index in [1.807, 2.05) is 0 Å². The molecule has 1 saturated heterocycles. The zero-order valence-corrected chi connectivity index (χ0v) is 8.82. The van der Waals surface area contributed by atoms with Crippen LogP contribution in [0.5, 0.6) is 0 Å². The van der Waals surface area contributed by atoms with Gasteiger partial charge in [0, 0.05) is 25.7 Å². The highest BCUT2D eigenvalue weighted by atomic mass is 15.3. The van der Waals surface area contributed by atoms with Crippen LogP contribution in [0.1, 0.15) is 13.8 Å². The quantitative estimate of drug-likeness (QED) is 0.587. The van der Waals surface area contributed by atoms with Gasteiger partial charge in [0.05, 0.1) is 6.04 Å². The number of hydrogen-bond donors (Lipinski definition) is 0. The summed E-state index contributed by atoms with van der Waals surface area (Å²) < 4.78 is 0. The van der Waals surface area contributed by atoms with Crippen LogP contribution < -0.4 is 0 Å². The van der Waals surface area contributed by atoms with Gasteiger partial charge in [-0.1, -0.05) is 0 Å². The van der Waals surface area contributed by atoms with Crippen LogP contribution in [0.25, 0.3) is 4.85 Å². The van der Waals surface area contributed by atoms with Crippen molar-refractivity contribution in [2.75, 3.05) is 33.2 Å². The fraction of sp³-hybridized carbons (Fsp3) is 0.900. The minimum atomic E-state index is 0.439. The topological polar surface area (TPSA) is 10.8 Å². The molecule has 0 amide bonds. The minimum absolute atomic E-state index is 0.439. The van der Waals surface area contributed by atoms with Crippen LogP contribution in [-0.4, -0.2) is 55.1 Å². The van der Waals surface area contributed by atoms with Gasteiger partial charge in [-0.05, 0) is 20.9 Å². The van der Waals surface area contributed by atoms with Crippen molar-refractivity contribution in [1.82, 2.24) is 9.80 Å². The molecule has 74 valence electrons. The first kappa shape index (κ1) is 10.5. The lowest BCUT2D eigenvalue weighted by Crippen LogP contribution is -2.54. The molecular formula is C10H19N3. The third-order valence-electron chi connectivity index (χ3n) is 2.84. The predicted octanol–water partition coefficient (Wildman–Crippen LogP) is 0.930. The van der Waals surface area contributed by atoms with Gasteiger partial charge in [0.25, 0.3) is 0 Å². The van der Waals surface area contributed by atoms with Crippen molar-refractivity contribution < 1.29 is 0 Å². The molecular weight excluding hydrogens is 162 g/mol. The molecule has 0 N–H and O–H groups in total. The molecule has 13 heavy (non-hydrogen) atoms. The summed E-state index contributed by atoms with van der Waals surface area (Å²) in [7, 11) is 2.12. The molecule has 0 spiro atoms. The maximum Gasteiger partial charge on any atom is 0.231 e. The number of nitrogens with zero attached hydrogens (tertiary/aromatic N) is 3. The molecule has 1 aliphatic heterocycles. The Hall–Kier alpha value is -0.590. The van der Waals surface area contributed by atoms with Gasteiger partial charge >= 0.3 is 0 Å². The van der Waals surface area contributed by atoms with Crippen LogP contribution >= 0.6 is 0 Å². The molecule has 1 rings (SSSR count). The summed E-state index contributed by atoms with van der Waals surface area (Å²) in [6, 6.07) is 1.05. The Morgan fingerprint density at radius 3 is 2.69 bits per heavy atom.